The smallest absolute Gasteiger partial charge is 0.244 e. The molecule has 146 valence electrons. The minimum atomic E-state index is 0.0479. The summed E-state index contributed by atoms with van der Waals surface area (Å²) in [4.78, 5) is 23.4. The molecule has 1 amide bonds. The summed E-state index contributed by atoms with van der Waals surface area (Å²) >= 11 is 0. The van der Waals surface area contributed by atoms with Gasteiger partial charge in [-0.25, -0.2) is 9.67 Å². The van der Waals surface area contributed by atoms with Gasteiger partial charge in [0.2, 0.25) is 5.91 Å². The molecular weight excluding hydrogens is 354 g/mol. The summed E-state index contributed by atoms with van der Waals surface area (Å²) in [5.41, 5.74) is 7.93. The van der Waals surface area contributed by atoms with E-state index in [1.165, 1.54) is 5.56 Å². The predicted molar refractivity (Wildman–Crippen MR) is 105 cm³/mol. The number of nitrogen functional groups attached to an aromatic ring is 1. The third-order valence-electron chi connectivity index (χ3n) is 5.21. The van der Waals surface area contributed by atoms with Crippen LogP contribution in [0.4, 0.5) is 5.82 Å². The lowest BCUT2D eigenvalue weighted by Gasteiger charge is -2.32. The van der Waals surface area contributed by atoms with Crippen molar-refractivity contribution in [2.24, 2.45) is 0 Å². The fourth-order valence-electron chi connectivity index (χ4n) is 3.83. The van der Waals surface area contributed by atoms with Gasteiger partial charge in [-0.1, -0.05) is 0 Å². The lowest BCUT2D eigenvalue weighted by molar-refractivity contribution is -0.133. The monoisotopic (exact) mass is 379 g/mol. The molecular formula is C20H25N7O. The number of hydrogen-bond acceptors (Lipinski definition) is 5. The van der Waals surface area contributed by atoms with Crippen LogP contribution in [0.5, 0.6) is 0 Å². The van der Waals surface area contributed by atoms with Crippen LogP contribution in [0, 0.1) is 6.92 Å². The maximum Gasteiger partial charge on any atom is 0.244 e. The van der Waals surface area contributed by atoms with Crippen LogP contribution in [-0.2, 0) is 17.9 Å². The van der Waals surface area contributed by atoms with Crippen molar-refractivity contribution in [3.63, 3.8) is 0 Å². The molecule has 0 radical (unpaired) electrons. The first kappa shape index (κ1) is 18.2. The highest BCUT2D eigenvalue weighted by molar-refractivity contribution is 5.76. The second kappa shape index (κ2) is 7.84. The Bertz CT molecular complexity index is 947. The first-order chi connectivity index (χ1) is 13.6. The van der Waals surface area contributed by atoms with Crippen LogP contribution in [0.3, 0.4) is 0 Å². The number of piperidine rings is 1. The Hall–Kier alpha value is -3.16. The minimum absolute atomic E-state index is 0.0479. The molecule has 4 rings (SSSR count). The number of amides is 1. The second-order valence-electron chi connectivity index (χ2n) is 7.32. The summed E-state index contributed by atoms with van der Waals surface area (Å²) < 4.78 is 3.74. The van der Waals surface area contributed by atoms with E-state index in [0.717, 1.165) is 37.4 Å². The van der Waals surface area contributed by atoms with E-state index < -0.39 is 0 Å². The molecule has 0 bridgehead atoms. The Morgan fingerprint density at radius 1 is 1.29 bits per heavy atom. The molecule has 1 aliphatic heterocycles. The SMILES string of the molecule is Cc1cc(N)n(CC(=O)N2CCC[C@H](c3nccn3Cc3ccncc3)C2)n1. The largest absolute Gasteiger partial charge is 0.384 e. The van der Waals surface area contributed by atoms with E-state index >= 15 is 0 Å². The highest BCUT2D eigenvalue weighted by atomic mass is 16.2. The Kier molecular flexibility index (Phi) is 5.10. The van der Waals surface area contributed by atoms with E-state index in [1.807, 2.05) is 36.4 Å². The molecule has 8 nitrogen and oxygen atoms in total. The van der Waals surface area contributed by atoms with Crippen molar-refractivity contribution in [3.8, 4) is 0 Å². The average Bonchev–Trinajstić information content (AvgIpc) is 3.28. The normalized spacial score (nSPS) is 17.0. The number of hydrogen-bond donors (Lipinski definition) is 1. The fourth-order valence-corrected chi connectivity index (χ4v) is 3.83. The number of carbonyl (C=O) groups is 1. The van der Waals surface area contributed by atoms with E-state index in [1.54, 1.807) is 23.1 Å². The van der Waals surface area contributed by atoms with Crippen molar-refractivity contribution in [1.29, 1.82) is 0 Å². The molecule has 0 aromatic carbocycles. The zero-order chi connectivity index (χ0) is 19.5. The zero-order valence-electron chi connectivity index (χ0n) is 16.0. The van der Waals surface area contributed by atoms with Crippen LogP contribution in [0.15, 0.2) is 43.0 Å². The lowest BCUT2D eigenvalue weighted by atomic mass is 9.97. The molecule has 2 N–H and O–H groups in total. The molecule has 3 aromatic rings. The first-order valence-corrected chi connectivity index (χ1v) is 9.58. The standard InChI is InChI=1S/C20H25N7O/c1-15-11-18(21)27(24-15)14-19(28)25-9-2-3-17(13-25)20-23-8-10-26(20)12-16-4-6-22-7-5-16/h4-8,10-11,17H,2-3,9,12-14,21H2,1H3/t17-/m0/s1. The number of imidazole rings is 1. The van der Waals surface area contributed by atoms with Gasteiger partial charge in [-0.3, -0.25) is 9.78 Å². The number of anilines is 1. The molecule has 3 aromatic heterocycles. The van der Waals surface area contributed by atoms with Crippen molar-refractivity contribution in [3.05, 3.63) is 60.1 Å². The van der Waals surface area contributed by atoms with Gasteiger partial charge in [0.1, 0.15) is 18.2 Å². The van der Waals surface area contributed by atoms with Crippen molar-refractivity contribution in [2.75, 3.05) is 18.8 Å². The second-order valence-corrected chi connectivity index (χ2v) is 7.32. The van der Waals surface area contributed by atoms with Gasteiger partial charge in [0.05, 0.1) is 5.69 Å². The summed E-state index contributed by atoms with van der Waals surface area (Å²) in [6.45, 7) is 4.24. The Balaban J connectivity index is 1.45. The Morgan fingerprint density at radius 2 is 2.11 bits per heavy atom. The molecule has 4 heterocycles. The van der Waals surface area contributed by atoms with E-state index in [2.05, 4.69) is 19.6 Å². The number of nitrogens with two attached hydrogens (primary N) is 1. The Labute approximate surface area is 164 Å². The minimum Gasteiger partial charge on any atom is -0.384 e. The van der Waals surface area contributed by atoms with Crippen molar-refractivity contribution in [1.82, 2.24) is 29.2 Å². The van der Waals surface area contributed by atoms with E-state index in [9.17, 15) is 4.79 Å². The van der Waals surface area contributed by atoms with Crippen LogP contribution in [-0.4, -0.2) is 48.2 Å². The number of carbonyl (C=O) groups excluding carboxylic acids is 1. The molecule has 1 aliphatic rings. The highest BCUT2D eigenvalue weighted by Crippen LogP contribution is 2.26. The molecule has 1 fully saturated rings. The van der Waals surface area contributed by atoms with Crippen LogP contribution in [0.1, 0.15) is 35.8 Å². The number of aromatic nitrogens is 5. The zero-order valence-corrected chi connectivity index (χ0v) is 16.0. The number of pyridine rings is 1. The fraction of sp³-hybridized carbons (Fsp3) is 0.400. The maximum absolute atomic E-state index is 12.8. The molecule has 0 aliphatic carbocycles. The topological polar surface area (TPSA) is 94.9 Å². The van der Waals surface area contributed by atoms with Gasteiger partial charge in [-0.05, 0) is 37.5 Å². The van der Waals surface area contributed by atoms with E-state index in [-0.39, 0.29) is 18.4 Å². The number of rotatable bonds is 5. The van der Waals surface area contributed by atoms with Gasteiger partial charge in [-0.15, -0.1) is 0 Å². The van der Waals surface area contributed by atoms with Gasteiger partial charge in [0.15, 0.2) is 0 Å². The van der Waals surface area contributed by atoms with Crippen LogP contribution < -0.4 is 5.73 Å². The van der Waals surface area contributed by atoms with Gasteiger partial charge in [0, 0.05) is 56.4 Å². The highest BCUT2D eigenvalue weighted by Gasteiger charge is 2.28. The predicted octanol–water partition coefficient (Wildman–Crippen LogP) is 1.82. The number of aryl methyl sites for hydroxylation is 1. The van der Waals surface area contributed by atoms with Gasteiger partial charge >= 0.3 is 0 Å². The van der Waals surface area contributed by atoms with Crippen molar-refractivity contribution in [2.45, 2.75) is 38.8 Å². The van der Waals surface area contributed by atoms with Crippen molar-refractivity contribution < 1.29 is 4.79 Å². The Morgan fingerprint density at radius 3 is 2.86 bits per heavy atom. The molecule has 0 saturated carbocycles. The molecule has 1 saturated heterocycles. The summed E-state index contributed by atoms with van der Waals surface area (Å²) in [6, 6.07) is 5.80. The molecule has 0 unspecified atom stereocenters. The third-order valence-corrected chi connectivity index (χ3v) is 5.21. The van der Waals surface area contributed by atoms with E-state index in [0.29, 0.717) is 12.4 Å². The molecule has 0 spiro atoms. The van der Waals surface area contributed by atoms with Gasteiger partial charge in [-0.2, -0.15) is 5.10 Å². The summed E-state index contributed by atoms with van der Waals surface area (Å²) in [7, 11) is 0. The van der Waals surface area contributed by atoms with Crippen molar-refractivity contribution >= 4 is 11.7 Å². The molecule has 8 heteroatoms. The quantitative estimate of drug-likeness (QED) is 0.730. The number of nitrogens with zero attached hydrogens (tertiary/aromatic N) is 6. The third kappa shape index (κ3) is 3.90. The van der Waals surface area contributed by atoms with Crippen LogP contribution in [0.2, 0.25) is 0 Å². The van der Waals surface area contributed by atoms with Crippen LogP contribution >= 0.6 is 0 Å². The lowest BCUT2D eigenvalue weighted by Crippen LogP contribution is -2.41. The molecule has 1 atom stereocenters. The van der Waals surface area contributed by atoms with Crippen LogP contribution in [0.25, 0.3) is 0 Å². The molecule has 28 heavy (non-hydrogen) atoms. The van der Waals surface area contributed by atoms with Gasteiger partial charge in [0.25, 0.3) is 0 Å². The first-order valence-electron chi connectivity index (χ1n) is 9.58. The number of likely N-dealkylation sites (tertiary alicyclic amines) is 1. The van der Waals surface area contributed by atoms with Gasteiger partial charge < -0.3 is 15.2 Å². The summed E-state index contributed by atoms with van der Waals surface area (Å²) in [5, 5.41) is 4.30. The average molecular weight is 379 g/mol. The summed E-state index contributed by atoms with van der Waals surface area (Å²) in [6.07, 6.45) is 9.44. The van der Waals surface area contributed by atoms with E-state index in [4.69, 9.17) is 5.73 Å². The summed E-state index contributed by atoms with van der Waals surface area (Å²) in [5.74, 6) is 1.83. The maximum atomic E-state index is 12.8.